The van der Waals surface area contributed by atoms with Gasteiger partial charge in [-0.1, -0.05) is 20.8 Å². The van der Waals surface area contributed by atoms with Crippen LogP contribution in [0.3, 0.4) is 0 Å². The first-order valence-corrected chi connectivity index (χ1v) is 6.66. The molecule has 0 saturated carbocycles. The van der Waals surface area contributed by atoms with Gasteiger partial charge in [-0.25, -0.2) is 4.98 Å². The number of nitrogens with one attached hydrogen (secondary N) is 1. The highest BCUT2D eigenvalue weighted by Gasteiger charge is 2.29. The predicted octanol–water partition coefficient (Wildman–Crippen LogP) is 1.66. The zero-order valence-corrected chi connectivity index (χ0v) is 13.4. The zero-order valence-electron chi connectivity index (χ0n) is 13.4. The van der Waals surface area contributed by atoms with Crippen molar-refractivity contribution < 1.29 is 9.66 Å². The maximum Gasteiger partial charge on any atom is 0.372 e. The van der Waals surface area contributed by atoms with Gasteiger partial charge in [-0.15, -0.1) is 0 Å². The quantitative estimate of drug-likeness (QED) is 0.630. The number of anilines is 1. The van der Waals surface area contributed by atoms with Crippen molar-refractivity contribution in [3.63, 3.8) is 0 Å². The summed E-state index contributed by atoms with van der Waals surface area (Å²) in [6.07, 6.45) is 0. The average molecular weight is 297 g/mol. The Morgan fingerprint density at radius 3 is 2.38 bits per heavy atom. The second-order valence-corrected chi connectivity index (χ2v) is 5.99. The van der Waals surface area contributed by atoms with Gasteiger partial charge in [0, 0.05) is 18.5 Å². The summed E-state index contributed by atoms with van der Waals surface area (Å²) in [6, 6.07) is 0. The molecule has 0 aromatic carbocycles. The summed E-state index contributed by atoms with van der Waals surface area (Å²) in [5.74, 6) is 0.670. The molecule has 1 rings (SSSR count). The SMILES string of the molecule is COc1nc(C(C)(C)C)nc(NCCN(C)C)c1[N+](=O)[O-]. The van der Waals surface area contributed by atoms with Crippen molar-refractivity contribution in [1.82, 2.24) is 14.9 Å². The molecule has 0 aliphatic heterocycles. The van der Waals surface area contributed by atoms with Gasteiger partial charge in [0.2, 0.25) is 5.82 Å². The van der Waals surface area contributed by atoms with E-state index in [1.807, 2.05) is 39.8 Å². The maximum atomic E-state index is 11.3. The van der Waals surface area contributed by atoms with Gasteiger partial charge in [-0.3, -0.25) is 10.1 Å². The summed E-state index contributed by atoms with van der Waals surface area (Å²) >= 11 is 0. The molecule has 0 saturated heterocycles. The standard InChI is InChI=1S/C13H23N5O3/c1-13(2,3)12-15-10(14-7-8-17(4)5)9(18(19)20)11(16-12)21-6/h7-8H2,1-6H3,(H,14,15,16). The van der Waals surface area contributed by atoms with Crippen LogP contribution in [0.5, 0.6) is 5.88 Å². The Hall–Kier alpha value is -1.96. The molecule has 118 valence electrons. The molecular weight excluding hydrogens is 274 g/mol. The molecule has 0 radical (unpaired) electrons. The maximum absolute atomic E-state index is 11.3. The average Bonchev–Trinajstić information content (AvgIpc) is 2.35. The van der Waals surface area contributed by atoms with Gasteiger partial charge in [-0.2, -0.15) is 4.98 Å². The van der Waals surface area contributed by atoms with Crippen molar-refractivity contribution in [2.45, 2.75) is 26.2 Å². The van der Waals surface area contributed by atoms with Crippen molar-refractivity contribution in [3.05, 3.63) is 15.9 Å². The Morgan fingerprint density at radius 1 is 1.33 bits per heavy atom. The number of nitrogens with zero attached hydrogens (tertiary/aromatic N) is 4. The Morgan fingerprint density at radius 2 is 1.95 bits per heavy atom. The van der Waals surface area contributed by atoms with Crippen molar-refractivity contribution in [3.8, 4) is 5.88 Å². The van der Waals surface area contributed by atoms with Gasteiger partial charge in [0.15, 0.2) is 0 Å². The Bertz CT molecular complexity index is 511. The fourth-order valence-electron chi connectivity index (χ4n) is 1.60. The van der Waals surface area contributed by atoms with Gasteiger partial charge in [0.05, 0.1) is 12.0 Å². The van der Waals surface area contributed by atoms with Gasteiger partial charge < -0.3 is 15.0 Å². The molecule has 1 heterocycles. The van der Waals surface area contributed by atoms with Crippen molar-refractivity contribution in [1.29, 1.82) is 0 Å². The van der Waals surface area contributed by atoms with Crippen LogP contribution in [0.25, 0.3) is 0 Å². The summed E-state index contributed by atoms with van der Waals surface area (Å²) in [5, 5.41) is 14.3. The van der Waals surface area contributed by atoms with Crippen LogP contribution in [0, 0.1) is 10.1 Å². The fraction of sp³-hybridized carbons (Fsp3) is 0.692. The van der Waals surface area contributed by atoms with Crippen molar-refractivity contribution in [2.75, 3.05) is 39.6 Å². The third-order valence-electron chi connectivity index (χ3n) is 2.75. The highest BCUT2D eigenvalue weighted by Crippen LogP contribution is 2.34. The molecule has 8 nitrogen and oxygen atoms in total. The van der Waals surface area contributed by atoms with E-state index in [4.69, 9.17) is 4.74 Å². The topological polar surface area (TPSA) is 93.4 Å². The highest BCUT2D eigenvalue weighted by molar-refractivity contribution is 5.62. The normalized spacial score (nSPS) is 11.6. The first-order valence-electron chi connectivity index (χ1n) is 6.66. The molecule has 21 heavy (non-hydrogen) atoms. The second-order valence-electron chi connectivity index (χ2n) is 5.99. The molecule has 0 spiro atoms. The molecule has 0 unspecified atom stereocenters. The van der Waals surface area contributed by atoms with Crippen LogP contribution >= 0.6 is 0 Å². The van der Waals surface area contributed by atoms with E-state index in [-0.39, 0.29) is 22.8 Å². The van der Waals surface area contributed by atoms with E-state index in [9.17, 15) is 10.1 Å². The summed E-state index contributed by atoms with van der Waals surface area (Å²) in [6.45, 7) is 7.09. The minimum atomic E-state index is -0.525. The van der Waals surface area contributed by atoms with Crippen LogP contribution < -0.4 is 10.1 Å². The van der Waals surface area contributed by atoms with E-state index >= 15 is 0 Å². The number of ether oxygens (including phenoxy) is 1. The van der Waals surface area contributed by atoms with Gasteiger partial charge in [0.25, 0.3) is 5.88 Å². The molecule has 1 N–H and O–H groups in total. The van der Waals surface area contributed by atoms with Crippen LogP contribution in [0.1, 0.15) is 26.6 Å². The van der Waals surface area contributed by atoms with Crippen LogP contribution in [-0.2, 0) is 5.41 Å². The van der Waals surface area contributed by atoms with E-state index in [1.54, 1.807) is 0 Å². The molecule has 1 aromatic rings. The van der Waals surface area contributed by atoms with E-state index in [2.05, 4.69) is 15.3 Å². The van der Waals surface area contributed by atoms with Crippen LogP contribution in [0.2, 0.25) is 0 Å². The lowest BCUT2D eigenvalue weighted by Gasteiger charge is -2.19. The first-order chi connectivity index (χ1) is 9.66. The summed E-state index contributed by atoms with van der Waals surface area (Å²) < 4.78 is 5.07. The summed E-state index contributed by atoms with van der Waals surface area (Å²) in [4.78, 5) is 21.2. The molecule has 0 fully saturated rings. The number of rotatable bonds is 6. The minimum absolute atomic E-state index is 0.0210. The molecule has 8 heteroatoms. The Balaban J connectivity index is 3.25. The van der Waals surface area contributed by atoms with Crippen LogP contribution in [-0.4, -0.2) is 54.1 Å². The molecule has 0 aliphatic carbocycles. The number of hydrogen-bond donors (Lipinski definition) is 1. The Labute approximate surface area is 124 Å². The predicted molar refractivity (Wildman–Crippen MR) is 81.0 cm³/mol. The van der Waals surface area contributed by atoms with E-state index in [0.717, 1.165) is 6.54 Å². The number of nitro groups is 1. The molecule has 0 aliphatic rings. The summed E-state index contributed by atoms with van der Waals surface area (Å²) in [7, 11) is 5.22. The lowest BCUT2D eigenvalue weighted by molar-refractivity contribution is -0.385. The Kier molecular flexibility index (Phi) is 5.42. The highest BCUT2D eigenvalue weighted by atomic mass is 16.6. The van der Waals surface area contributed by atoms with Gasteiger partial charge in [-0.05, 0) is 14.1 Å². The van der Waals surface area contributed by atoms with Crippen LogP contribution in [0.15, 0.2) is 0 Å². The molecule has 0 bridgehead atoms. The minimum Gasteiger partial charge on any atom is -0.476 e. The fourth-order valence-corrected chi connectivity index (χ4v) is 1.60. The molecule has 0 amide bonds. The number of likely N-dealkylation sites (N-methyl/N-ethyl adjacent to an activating group) is 1. The molecular formula is C13H23N5O3. The third kappa shape index (κ3) is 4.52. The van der Waals surface area contributed by atoms with Crippen LogP contribution in [0.4, 0.5) is 11.5 Å². The van der Waals surface area contributed by atoms with Gasteiger partial charge in [0.1, 0.15) is 5.82 Å². The molecule has 1 aromatic heterocycles. The number of methoxy groups -OCH3 is 1. The molecule has 0 atom stereocenters. The zero-order chi connectivity index (χ0) is 16.2. The monoisotopic (exact) mass is 297 g/mol. The van der Waals surface area contributed by atoms with Crippen molar-refractivity contribution >= 4 is 11.5 Å². The van der Waals surface area contributed by atoms with Gasteiger partial charge >= 0.3 is 5.69 Å². The smallest absolute Gasteiger partial charge is 0.372 e. The first kappa shape index (κ1) is 17.1. The van der Waals surface area contributed by atoms with Crippen molar-refractivity contribution in [2.24, 2.45) is 0 Å². The van der Waals surface area contributed by atoms with E-state index in [0.29, 0.717) is 12.4 Å². The largest absolute Gasteiger partial charge is 0.476 e. The number of hydrogen-bond acceptors (Lipinski definition) is 7. The third-order valence-corrected chi connectivity index (χ3v) is 2.75. The number of aromatic nitrogens is 2. The van der Waals surface area contributed by atoms with E-state index < -0.39 is 4.92 Å². The lowest BCUT2D eigenvalue weighted by atomic mass is 9.96. The summed E-state index contributed by atoms with van der Waals surface area (Å²) in [5.41, 5.74) is -0.565. The lowest BCUT2D eigenvalue weighted by Crippen LogP contribution is -2.23. The second kappa shape index (κ2) is 6.66. The van der Waals surface area contributed by atoms with E-state index in [1.165, 1.54) is 7.11 Å².